The summed E-state index contributed by atoms with van der Waals surface area (Å²) in [6.07, 6.45) is -3.83. The number of ether oxygens (including phenoxy) is 2. The maximum Gasteiger partial charge on any atom is 0.472 e. The number of hydrogen-bond acceptors (Lipinski definition) is 16. The standard InChI is InChI=1S/C18H24N9O10P/c19-16-22-6-27(18(31)25-16)12-2-8(9(3-28)35-12)37-38(32,33)34-4-10-7(29)1-11(36-10)26-5-21-13-14(26)23-17(20)24-15(13)30/h5-13,28-29H,1-4H2,(H,32,33)(H2,19,25,31)(H2,20,24,30). The van der Waals surface area contributed by atoms with Gasteiger partial charge in [0.1, 0.15) is 37.1 Å². The largest absolute Gasteiger partial charge is 0.472 e. The van der Waals surface area contributed by atoms with Gasteiger partial charge < -0.3 is 36.0 Å². The van der Waals surface area contributed by atoms with Gasteiger partial charge in [-0.25, -0.2) is 14.3 Å². The lowest BCUT2D eigenvalue weighted by atomic mass is 10.2. The van der Waals surface area contributed by atoms with Gasteiger partial charge in [-0.1, -0.05) is 0 Å². The van der Waals surface area contributed by atoms with E-state index in [1.807, 2.05) is 0 Å². The maximum atomic E-state index is 12.7. The van der Waals surface area contributed by atoms with Gasteiger partial charge >= 0.3 is 13.5 Å². The molecule has 1 amide bonds. The van der Waals surface area contributed by atoms with Gasteiger partial charge in [0.05, 0.1) is 25.7 Å². The van der Waals surface area contributed by atoms with Crippen LogP contribution in [-0.2, 0) is 27.9 Å². The molecule has 206 valence electrons. The normalized spacial score (nSPS) is 34.2. The summed E-state index contributed by atoms with van der Waals surface area (Å²) < 4.78 is 35.2. The third kappa shape index (κ3) is 5.22. The van der Waals surface area contributed by atoms with Crippen LogP contribution in [0, 0.1) is 0 Å². The van der Waals surface area contributed by atoms with Crippen molar-refractivity contribution in [2.24, 2.45) is 20.7 Å². The molecule has 38 heavy (non-hydrogen) atoms. The number of carbonyl (C=O) groups is 1. The Hall–Kier alpha value is -3.16. The third-order valence-corrected chi connectivity index (χ3v) is 7.15. The molecule has 8 atom stereocenters. The van der Waals surface area contributed by atoms with Gasteiger partial charge in [0.15, 0.2) is 11.9 Å². The summed E-state index contributed by atoms with van der Waals surface area (Å²) in [7, 11) is -4.76. The Morgan fingerprint density at radius 3 is 2.66 bits per heavy atom. The van der Waals surface area contributed by atoms with E-state index < -0.39 is 75.5 Å². The Kier molecular flexibility index (Phi) is 7.09. The Labute approximate surface area is 213 Å². The Bertz CT molecular complexity index is 1300. The molecule has 7 N–H and O–H groups in total. The van der Waals surface area contributed by atoms with Crippen LogP contribution in [0.3, 0.4) is 0 Å². The molecule has 1 aromatic heterocycles. The molecule has 19 nitrogen and oxygen atoms in total. The number of rotatable bonds is 8. The van der Waals surface area contributed by atoms with Gasteiger partial charge in [0, 0.05) is 12.8 Å². The molecule has 5 heterocycles. The number of amidine groups is 1. The van der Waals surface area contributed by atoms with Crippen molar-refractivity contribution >= 4 is 37.8 Å². The van der Waals surface area contributed by atoms with Crippen molar-refractivity contribution in [3.05, 3.63) is 16.8 Å². The van der Waals surface area contributed by atoms with Crippen molar-refractivity contribution in [2.45, 2.75) is 55.8 Å². The summed E-state index contributed by atoms with van der Waals surface area (Å²) in [5.74, 6) is -0.871. The zero-order valence-electron chi connectivity index (χ0n) is 19.5. The average Bonchev–Trinajstić information content (AvgIpc) is 3.54. The summed E-state index contributed by atoms with van der Waals surface area (Å²) in [6.45, 7) is -1.13. The molecule has 2 fully saturated rings. The third-order valence-electron chi connectivity index (χ3n) is 6.14. The van der Waals surface area contributed by atoms with E-state index in [1.54, 1.807) is 0 Å². The van der Waals surface area contributed by atoms with E-state index in [2.05, 4.69) is 24.9 Å². The summed E-state index contributed by atoms with van der Waals surface area (Å²) in [5.41, 5.74) is 10.2. The highest BCUT2D eigenvalue weighted by Gasteiger charge is 2.46. The van der Waals surface area contributed by atoms with E-state index in [-0.39, 0.29) is 30.6 Å². The van der Waals surface area contributed by atoms with Crippen molar-refractivity contribution in [1.82, 2.24) is 19.4 Å². The van der Waals surface area contributed by atoms with Crippen LogP contribution < -0.4 is 17.2 Å². The van der Waals surface area contributed by atoms with Crippen LogP contribution in [-0.4, -0.2) is 108 Å². The first-order valence-electron chi connectivity index (χ1n) is 11.3. The van der Waals surface area contributed by atoms with E-state index >= 15 is 0 Å². The number of nitrogens with zero attached hydrogens (tertiary/aromatic N) is 7. The van der Waals surface area contributed by atoms with Crippen LogP contribution in [0.5, 0.6) is 0 Å². The molecule has 0 aliphatic carbocycles. The minimum absolute atomic E-state index is 0.0384. The fraction of sp³-hybridized carbons (Fsp3) is 0.611. The number of aliphatic hydroxyl groups is 2. The van der Waals surface area contributed by atoms with Gasteiger partial charge in [0.2, 0.25) is 11.9 Å². The van der Waals surface area contributed by atoms with Crippen molar-refractivity contribution in [3.8, 4) is 0 Å². The summed E-state index contributed by atoms with van der Waals surface area (Å²) >= 11 is 0. The first-order chi connectivity index (χ1) is 18.0. The molecule has 0 aromatic carbocycles. The topological polar surface area (TPSA) is 272 Å². The molecule has 2 saturated heterocycles. The number of phosphoric acid groups is 1. The first-order valence-corrected chi connectivity index (χ1v) is 12.8. The number of aliphatic imine (C=N–C) groups is 3. The van der Waals surface area contributed by atoms with Crippen LogP contribution in [0.2, 0.25) is 0 Å². The minimum atomic E-state index is -4.76. The number of aromatic nitrogens is 3. The van der Waals surface area contributed by atoms with Crippen molar-refractivity contribution in [2.75, 3.05) is 18.9 Å². The van der Waals surface area contributed by atoms with Gasteiger partial charge in [-0.15, -0.1) is 0 Å². The number of aliphatic hydroxyl groups excluding tert-OH is 2. The lowest BCUT2D eigenvalue weighted by Gasteiger charge is -2.25. The lowest BCUT2D eigenvalue weighted by molar-refractivity contribution is -0.117. The number of nitrogens with two attached hydrogens (primary N) is 2. The van der Waals surface area contributed by atoms with Gasteiger partial charge in [0.25, 0.3) is 5.91 Å². The second-order valence-electron chi connectivity index (χ2n) is 8.64. The average molecular weight is 557 g/mol. The highest BCUT2D eigenvalue weighted by molar-refractivity contribution is 7.47. The van der Waals surface area contributed by atoms with Crippen LogP contribution in [0.1, 0.15) is 19.1 Å². The molecular formula is C18H24N9O10P. The molecule has 4 aliphatic heterocycles. The second-order valence-corrected chi connectivity index (χ2v) is 10.1. The molecule has 20 heteroatoms. The molecule has 0 radical (unpaired) electrons. The number of fused-ring (bicyclic) bond motifs is 1. The number of anilines is 1. The number of nitrogen functional groups attached to an aromatic ring is 1. The number of guanidine groups is 1. The van der Waals surface area contributed by atoms with Crippen molar-refractivity contribution < 1.29 is 43.0 Å². The van der Waals surface area contributed by atoms with Gasteiger partial charge in [-0.3, -0.25) is 28.3 Å². The Balaban J connectivity index is 1.18. The van der Waals surface area contributed by atoms with E-state index in [4.69, 9.17) is 30.0 Å². The predicted octanol–water partition coefficient (Wildman–Crippen LogP) is -3.56. The minimum Gasteiger partial charge on any atom is -0.394 e. The molecule has 0 spiro atoms. The number of carbonyl (C=O) groups excluding carboxylic acids is 1. The summed E-state index contributed by atoms with van der Waals surface area (Å²) in [4.78, 5) is 54.6. The highest BCUT2D eigenvalue weighted by Crippen LogP contribution is 2.48. The van der Waals surface area contributed by atoms with Crippen molar-refractivity contribution in [3.63, 3.8) is 0 Å². The zero-order chi connectivity index (χ0) is 27.2. The predicted molar refractivity (Wildman–Crippen MR) is 124 cm³/mol. The van der Waals surface area contributed by atoms with E-state index in [0.717, 1.165) is 10.9 Å². The number of hydrogen-bond donors (Lipinski definition) is 5. The Morgan fingerprint density at radius 2 is 1.92 bits per heavy atom. The molecule has 1 aromatic rings. The maximum absolute atomic E-state index is 12.7. The molecule has 0 saturated carbocycles. The fourth-order valence-electron chi connectivity index (χ4n) is 4.34. The monoisotopic (exact) mass is 557 g/mol. The lowest BCUT2D eigenvalue weighted by Crippen LogP contribution is -2.44. The smallest absolute Gasteiger partial charge is 0.394 e. The zero-order valence-corrected chi connectivity index (χ0v) is 20.4. The SMILES string of the molecule is NC1=NC(=O)C2N=CN(C3CC(O)C(COP(=O)(O)OC4CC(n5cnc(N)nc5=O)OC4CO)O3)C2=N1. The fourth-order valence-corrected chi connectivity index (χ4v) is 5.30. The van der Waals surface area contributed by atoms with Gasteiger partial charge in [-0.05, 0) is 0 Å². The summed E-state index contributed by atoms with van der Waals surface area (Å²) in [5, 5.41) is 20.1. The number of phosphoric ester groups is 1. The molecule has 5 rings (SSSR count). The molecular weight excluding hydrogens is 533 g/mol. The highest BCUT2D eigenvalue weighted by atomic mass is 31.2. The van der Waals surface area contributed by atoms with E-state index in [1.165, 1.54) is 11.2 Å². The van der Waals surface area contributed by atoms with Crippen LogP contribution in [0.25, 0.3) is 0 Å². The van der Waals surface area contributed by atoms with Crippen LogP contribution in [0.4, 0.5) is 5.95 Å². The van der Waals surface area contributed by atoms with Crippen LogP contribution in [0.15, 0.2) is 26.1 Å². The van der Waals surface area contributed by atoms with E-state index in [0.29, 0.717) is 0 Å². The van der Waals surface area contributed by atoms with Crippen LogP contribution >= 0.6 is 7.82 Å². The quantitative estimate of drug-likeness (QED) is 0.193. The summed E-state index contributed by atoms with van der Waals surface area (Å²) in [6, 6.07) is -0.961. The second kappa shape index (κ2) is 10.2. The molecule has 8 unspecified atom stereocenters. The number of amides is 1. The molecule has 0 bridgehead atoms. The first kappa shape index (κ1) is 26.4. The molecule has 4 aliphatic rings. The van der Waals surface area contributed by atoms with E-state index in [9.17, 15) is 29.3 Å². The van der Waals surface area contributed by atoms with Crippen molar-refractivity contribution in [1.29, 1.82) is 0 Å². The van der Waals surface area contributed by atoms with Gasteiger partial charge in [-0.2, -0.15) is 15.0 Å². The Morgan fingerprint density at radius 1 is 1.16 bits per heavy atom.